The maximum Gasteiger partial charge on any atom is 0.0582 e. The molecule has 0 aliphatic carbocycles. The van der Waals surface area contributed by atoms with Gasteiger partial charge >= 0.3 is 0 Å². The van der Waals surface area contributed by atoms with Crippen LogP contribution in [0, 0.1) is 0 Å². The summed E-state index contributed by atoms with van der Waals surface area (Å²) in [6.45, 7) is 2.34. The van der Waals surface area contributed by atoms with Gasteiger partial charge in [-0.15, -0.1) is 0 Å². The van der Waals surface area contributed by atoms with E-state index in [2.05, 4.69) is 31.2 Å². The largest absolute Gasteiger partial charge is 0.395 e. The fraction of sp³-hybridized carbons (Fsp3) is 0.667. The zero-order chi connectivity index (χ0) is 14.6. The standard InChI is InChI=1S/C18H31NO/c1-2-3-4-5-6-7-8-16-9-11-17(12-10-16)13-14-18(19)15-20/h9-12,18,20H,2-8,13-15,19H2,1H3. The zero-order valence-corrected chi connectivity index (χ0v) is 13.0. The molecule has 0 saturated heterocycles. The zero-order valence-electron chi connectivity index (χ0n) is 13.0. The smallest absolute Gasteiger partial charge is 0.0582 e. The molecule has 0 amide bonds. The second-order valence-corrected chi connectivity index (χ2v) is 5.82. The highest BCUT2D eigenvalue weighted by atomic mass is 16.3. The van der Waals surface area contributed by atoms with E-state index in [9.17, 15) is 0 Å². The first-order valence-electron chi connectivity index (χ1n) is 8.20. The van der Waals surface area contributed by atoms with Crippen LogP contribution < -0.4 is 5.73 Å². The number of rotatable bonds is 11. The molecule has 114 valence electrons. The van der Waals surface area contributed by atoms with Crippen LogP contribution in [-0.4, -0.2) is 17.8 Å². The summed E-state index contributed by atoms with van der Waals surface area (Å²) in [5.74, 6) is 0. The molecule has 1 rings (SSSR count). The minimum absolute atomic E-state index is 0.0795. The molecule has 3 N–H and O–H groups in total. The highest BCUT2D eigenvalue weighted by molar-refractivity contribution is 5.22. The van der Waals surface area contributed by atoms with Crippen molar-refractivity contribution >= 4 is 0 Å². The number of hydrogen-bond acceptors (Lipinski definition) is 2. The first-order chi connectivity index (χ1) is 9.76. The lowest BCUT2D eigenvalue weighted by Crippen LogP contribution is -2.24. The van der Waals surface area contributed by atoms with Gasteiger partial charge in [0.15, 0.2) is 0 Å². The Bertz CT molecular complexity index is 334. The van der Waals surface area contributed by atoms with Crippen LogP contribution in [0.4, 0.5) is 0 Å². The molecule has 2 heteroatoms. The van der Waals surface area contributed by atoms with Gasteiger partial charge in [-0.3, -0.25) is 0 Å². The Kier molecular flexibility index (Phi) is 9.35. The molecule has 20 heavy (non-hydrogen) atoms. The van der Waals surface area contributed by atoms with Crippen LogP contribution in [-0.2, 0) is 12.8 Å². The van der Waals surface area contributed by atoms with E-state index in [0.29, 0.717) is 0 Å². The van der Waals surface area contributed by atoms with Gasteiger partial charge in [0.2, 0.25) is 0 Å². The van der Waals surface area contributed by atoms with Gasteiger partial charge in [-0.2, -0.15) is 0 Å². The van der Waals surface area contributed by atoms with E-state index in [4.69, 9.17) is 10.8 Å². The number of unbranched alkanes of at least 4 members (excludes halogenated alkanes) is 5. The van der Waals surface area contributed by atoms with Gasteiger partial charge in [-0.05, 0) is 36.8 Å². The molecule has 0 bridgehead atoms. The van der Waals surface area contributed by atoms with Gasteiger partial charge in [0.25, 0.3) is 0 Å². The second kappa shape index (κ2) is 10.9. The van der Waals surface area contributed by atoms with E-state index in [1.54, 1.807) is 0 Å². The molecule has 0 heterocycles. The van der Waals surface area contributed by atoms with Crippen molar-refractivity contribution in [3.05, 3.63) is 35.4 Å². The summed E-state index contributed by atoms with van der Waals surface area (Å²) in [6, 6.07) is 8.81. The van der Waals surface area contributed by atoms with Gasteiger partial charge in [-0.25, -0.2) is 0 Å². The quantitative estimate of drug-likeness (QED) is 0.604. The second-order valence-electron chi connectivity index (χ2n) is 5.82. The summed E-state index contributed by atoms with van der Waals surface area (Å²) in [5.41, 5.74) is 8.48. The first kappa shape index (κ1) is 17.2. The molecule has 1 atom stereocenters. The highest BCUT2D eigenvalue weighted by Gasteiger charge is 2.01. The summed E-state index contributed by atoms with van der Waals surface area (Å²) in [4.78, 5) is 0. The molecule has 0 fully saturated rings. The summed E-state index contributed by atoms with van der Waals surface area (Å²) in [5, 5.41) is 8.91. The maximum absolute atomic E-state index is 8.91. The van der Waals surface area contributed by atoms with Crippen molar-refractivity contribution < 1.29 is 5.11 Å². The van der Waals surface area contributed by atoms with Crippen LogP contribution in [0.1, 0.15) is 63.0 Å². The summed E-state index contributed by atoms with van der Waals surface area (Å²) in [6.07, 6.45) is 11.1. The molecule has 2 nitrogen and oxygen atoms in total. The van der Waals surface area contributed by atoms with E-state index in [1.165, 1.54) is 56.1 Å². The molecule has 0 aliphatic heterocycles. The molecule has 0 saturated carbocycles. The first-order valence-corrected chi connectivity index (χ1v) is 8.20. The lowest BCUT2D eigenvalue weighted by atomic mass is 10.0. The highest BCUT2D eigenvalue weighted by Crippen LogP contribution is 2.12. The molecule has 0 aliphatic rings. The Hall–Kier alpha value is -0.860. The molecule has 0 spiro atoms. The monoisotopic (exact) mass is 277 g/mol. The van der Waals surface area contributed by atoms with Crippen molar-refractivity contribution in [3.8, 4) is 0 Å². The van der Waals surface area contributed by atoms with Crippen molar-refractivity contribution in [2.75, 3.05) is 6.61 Å². The summed E-state index contributed by atoms with van der Waals surface area (Å²) in [7, 11) is 0. The van der Waals surface area contributed by atoms with Crippen molar-refractivity contribution in [2.24, 2.45) is 5.73 Å². The van der Waals surface area contributed by atoms with E-state index in [1.807, 2.05) is 0 Å². The van der Waals surface area contributed by atoms with Gasteiger partial charge in [0.1, 0.15) is 0 Å². The number of benzene rings is 1. The number of aliphatic hydroxyl groups is 1. The van der Waals surface area contributed by atoms with E-state index >= 15 is 0 Å². The van der Waals surface area contributed by atoms with E-state index < -0.39 is 0 Å². The molecule has 0 radical (unpaired) electrons. The van der Waals surface area contributed by atoms with Crippen LogP contribution in [0.3, 0.4) is 0 Å². The van der Waals surface area contributed by atoms with Crippen molar-refractivity contribution in [1.82, 2.24) is 0 Å². The third kappa shape index (κ3) is 7.66. The van der Waals surface area contributed by atoms with Crippen LogP contribution >= 0.6 is 0 Å². The SMILES string of the molecule is CCCCCCCCc1ccc(CCC(N)CO)cc1. The molecule has 1 unspecified atom stereocenters. The lowest BCUT2D eigenvalue weighted by Gasteiger charge is -2.08. The molecule has 1 aromatic carbocycles. The lowest BCUT2D eigenvalue weighted by molar-refractivity contribution is 0.260. The van der Waals surface area contributed by atoms with Gasteiger partial charge in [0.05, 0.1) is 6.61 Å². The average Bonchev–Trinajstić information content (AvgIpc) is 2.49. The predicted molar refractivity (Wildman–Crippen MR) is 86.9 cm³/mol. The fourth-order valence-electron chi connectivity index (χ4n) is 2.43. The Morgan fingerprint density at radius 1 is 0.900 bits per heavy atom. The third-order valence-electron chi connectivity index (χ3n) is 3.88. The Labute approximate surface area is 124 Å². The Balaban J connectivity index is 2.18. The predicted octanol–water partition coefficient (Wildman–Crippen LogP) is 3.84. The number of hydrogen-bond donors (Lipinski definition) is 2. The van der Waals surface area contributed by atoms with E-state index in [0.717, 1.165) is 12.8 Å². The summed E-state index contributed by atoms with van der Waals surface area (Å²) < 4.78 is 0. The number of aliphatic hydroxyl groups excluding tert-OH is 1. The van der Waals surface area contributed by atoms with E-state index in [-0.39, 0.29) is 12.6 Å². The summed E-state index contributed by atoms with van der Waals surface area (Å²) >= 11 is 0. The van der Waals surface area contributed by atoms with Gasteiger partial charge < -0.3 is 10.8 Å². The maximum atomic E-state index is 8.91. The third-order valence-corrected chi connectivity index (χ3v) is 3.88. The number of nitrogens with two attached hydrogens (primary N) is 1. The van der Waals surface area contributed by atoms with Crippen molar-refractivity contribution in [1.29, 1.82) is 0 Å². The molecule has 0 aromatic heterocycles. The Morgan fingerprint density at radius 2 is 1.45 bits per heavy atom. The molecular formula is C18H31NO. The molecule has 1 aromatic rings. The average molecular weight is 277 g/mol. The Morgan fingerprint density at radius 3 is 2.05 bits per heavy atom. The van der Waals surface area contributed by atoms with Crippen LogP contribution in [0.15, 0.2) is 24.3 Å². The normalized spacial score (nSPS) is 12.6. The number of aryl methyl sites for hydroxylation is 2. The van der Waals surface area contributed by atoms with Crippen LogP contribution in [0.25, 0.3) is 0 Å². The minimum Gasteiger partial charge on any atom is -0.395 e. The molecular weight excluding hydrogens is 246 g/mol. The van der Waals surface area contributed by atoms with Gasteiger partial charge in [-0.1, -0.05) is 63.3 Å². The van der Waals surface area contributed by atoms with Crippen LogP contribution in [0.2, 0.25) is 0 Å². The topological polar surface area (TPSA) is 46.2 Å². The van der Waals surface area contributed by atoms with Crippen molar-refractivity contribution in [3.63, 3.8) is 0 Å². The van der Waals surface area contributed by atoms with Gasteiger partial charge in [0, 0.05) is 6.04 Å². The van der Waals surface area contributed by atoms with Crippen molar-refractivity contribution in [2.45, 2.75) is 70.8 Å². The van der Waals surface area contributed by atoms with Crippen LogP contribution in [0.5, 0.6) is 0 Å². The minimum atomic E-state index is -0.0854. The fourth-order valence-corrected chi connectivity index (χ4v) is 2.43.